The van der Waals surface area contributed by atoms with Crippen molar-refractivity contribution < 1.29 is 8.85 Å². The Kier molecular flexibility index (Phi) is 2.25. The van der Waals surface area contributed by atoms with Crippen LogP contribution in [0.15, 0.2) is 48.5 Å². The fourth-order valence-electron chi connectivity index (χ4n) is 1.48. The van der Waals surface area contributed by atoms with Crippen molar-refractivity contribution in [3.8, 4) is 16.9 Å². The van der Waals surface area contributed by atoms with Gasteiger partial charge in [-0.25, -0.2) is 0 Å². The molecule has 0 amide bonds. The maximum absolute atomic E-state index is 7.85. The number of hydrogen-bond donors (Lipinski definition) is 1. The van der Waals surface area contributed by atoms with Crippen molar-refractivity contribution in [1.82, 2.24) is 0 Å². The molecule has 0 fully saturated rings. The first-order chi connectivity index (χ1) is 8.91. The summed E-state index contributed by atoms with van der Waals surface area (Å²) in [5.41, 5.74) is 7.36. The summed E-state index contributed by atoms with van der Waals surface area (Å²) in [6.45, 7) is -1.99. The van der Waals surface area contributed by atoms with Gasteiger partial charge in [0.1, 0.15) is 5.75 Å². The van der Waals surface area contributed by atoms with E-state index in [9.17, 15) is 0 Å². The first kappa shape index (κ1) is 7.47. The van der Waals surface area contributed by atoms with Crippen molar-refractivity contribution in [2.75, 3.05) is 7.11 Å². The van der Waals surface area contributed by atoms with Gasteiger partial charge in [-0.2, -0.15) is 0 Å². The molecule has 2 rings (SSSR count). The van der Waals surface area contributed by atoms with Gasteiger partial charge in [0, 0.05) is 9.24 Å². The first-order valence-corrected chi connectivity index (χ1v) is 4.96. The quantitative estimate of drug-likeness (QED) is 0.856. The normalized spacial score (nSPS) is 13.8. The van der Waals surface area contributed by atoms with E-state index in [0.717, 1.165) is 16.9 Å². The summed E-state index contributed by atoms with van der Waals surface area (Å²) in [5.74, 6) is 0.768. The molecule has 0 atom stereocenters. The zero-order valence-electron chi connectivity index (χ0n) is 12.0. The van der Waals surface area contributed by atoms with Gasteiger partial charge in [0.05, 0.1) is 8.48 Å². The van der Waals surface area contributed by atoms with Gasteiger partial charge in [0.15, 0.2) is 0 Å². The van der Waals surface area contributed by atoms with Crippen molar-refractivity contribution in [3.63, 3.8) is 0 Å². The Bertz CT molecular complexity index is 576. The van der Waals surface area contributed by atoms with Crippen LogP contribution in [-0.2, 0) is 6.50 Å². The Morgan fingerprint density at radius 1 is 1.12 bits per heavy atom. The summed E-state index contributed by atoms with van der Waals surface area (Å²) < 4.78 is 27.8. The lowest BCUT2D eigenvalue weighted by Gasteiger charge is -2.04. The minimum absolute atomic E-state index is 0.0980. The zero-order valence-corrected chi connectivity index (χ0v) is 9.03. The van der Waals surface area contributed by atoms with Gasteiger partial charge >= 0.3 is 0 Å². The standard InChI is InChI=1S/C14H15NO/c1-16-14-8-6-13(7-9-14)12-4-2-11(10-15)3-5-12/h2-9H,10,15H2,1H3/i2D,10D2. The van der Waals surface area contributed by atoms with E-state index in [2.05, 4.69) is 0 Å². The van der Waals surface area contributed by atoms with Gasteiger partial charge in [-0.15, -0.1) is 0 Å². The van der Waals surface area contributed by atoms with Crippen molar-refractivity contribution in [1.29, 1.82) is 0 Å². The van der Waals surface area contributed by atoms with Crippen molar-refractivity contribution in [2.24, 2.45) is 5.73 Å². The summed E-state index contributed by atoms with van der Waals surface area (Å²) in [7, 11) is 1.61. The number of ether oxygens (including phenoxy) is 1. The van der Waals surface area contributed by atoms with Crippen LogP contribution in [0.3, 0.4) is 0 Å². The third-order valence-electron chi connectivity index (χ3n) is 2.39. The van der Waals surface area contributed by atoms with E-state index in [0.29, 0.717) is 0 Å². The van der Waals surface area contributed by atoms with Gasteiger partial charge in [0.25, 0.3) is 0 Å². The maximum atomic E-state index is 7.85. The molecule has 2 aromatic carbocycles. The molecule has 2 nitrogen and oxygen atoms in total. The third kappa shape index (κ3) is 2.23. The van der Waals surface area contributed by atoms with E-state index < -0.39 is 6.50 Å². The van der Waals surface area contributed by atoms with Crippen molar-refractivity contribution in [3.05, 3.63) is 54.1 Å². The summed E-state index contributed by atoms with van der Waals surface area (Å²) in [5, 5.41) is 0. The van der Waals surface area contributed by atoms with E-state index in [4.69, 9.17) is 14.6 Å². The van der Waals surface area contributed by atoms with E-state index in [1.54, 1.807) is 25.3 Å². The lowest BCUT2D eigenvalue weighted by atomic mass is 10.0. The van der Waals surface area contributed by atoms with Crippen molar-refractivity contribution in [2.45, 2.75) is 6.50 Å². The average molecular weight is 216 g/mol. The lowest BCUT2D eigenvalue weighted by molar-refractivity contribution is 0.415. The highest BCUT2D eigenvalue weighted by Crippen LogP contribution is 2.22. The Balaban J connectivity index is 2.38. The van der Waals surface area contributed by atoms with Crippen LogP contribution in [0, 0.1) is 0 Å². The molecule has 0 spiro atoms. The van der Waals surface area contributed by atoms with Crippen LogP contribution >= 0.6 is 0 Å². The van der Waals surface area contributed by atoms with Crippen LogP contribution in [0.1, 0.15) is 9.68 Å². The van der Waals surface area contributed by atoms with Crippen LogP contribution in [0.25, 0.3) is 11.1 Å². The van der Waals surface area contributed by atoms with Gasteiger partial charge in [0.2, 0.25) is 0 Å². The summed E-state index contributed by atoms with van der Waals surface area (Å²) in [6, 6.07) is 12.5. The molecule has 0 heterocycles. The maximum Gasteiger partial charge on any atom is 0.118 e. The number of methoxy groups -OCH3 is 1. The fraction of sp³-hybridized carbons (Fsp3) is 0.143. The highest BCUT2D eigenvalue weighted by atomic mass is 16.5. The van der Waals surface area contributed by atoms with E-state index >= 15 is 0 Å². The fourth-order valence-corrected chi connectivity index (χ4v) is 1.48. The molecule has 0 aliphatic heterocycles. The Labute approximate surface area is 99.9 Å². The van der Waals surface area contributed by atoms with Crippen LogP contribution in [0.4, 0.5) is 0 Å². The second-order valence-corrected chi connectivity index (χ2v) is 3.36. The lowest BCUT2D eigenvalue weighted by Crippen LogP contribution is -1.95. The molecule has 0 aliphatic carbocycles. The highest BCUT2D eigenvalue weighted by molar-refractivity contribution is 5.64. The second kappa shape index (κ2) is 4.81. The molecule has 0 unspecified atom stereocenters. The monoisotopic (exact) mass is 216 g/mol. The van der Waals surface area contributed by atoms with Gasteiger partial charge in [-0.05, 0) is 28.8 Å². The number of nitrogens with two attached hydrogens (primary N) is 1. The molecular weight excluding hydrogens is 198 g/mol. The van der Waals surface area contributed by atoms with Gasteiger partial charge < -0.3 is 10.5 Å². The molecule has 0 aromatic heterocycles. The third-order valence-corrected chi connectivity index (χ3v) is 2.39. The van der Waals surface area contributed by atoms with Gasteiger partial charge in [-0.1, -0.05) is 36.4 Å². The van der Waals surface area contributed by atoms with Gasteiger partial charge in [-0.3, -0.25) is 0 Å². The summed E-state index contributed by atoms with van der Waals surface area (Å²) in [6.07, 6.45) is 0. The summed E-state index contributed by atoms with van der Waals surface area (Å²) in [4.78, 5) is 0. The SMILES string of the molecule is [2H]c1cc(-c2ccc(OC)cc2)ccc1C([2H])([2H])N. The van der Waals surface area contributed by atoms with Crippen LogP contribution in [0.2, 0.25) is 0 Å². The molecule has 0 radical (unpaired) electrons. The topological polar surface area (TPSA) is 35.2 Å². The Morgan fingerprint density at radius 2 is 1.75 bits per heavy atom. The number of benzene rings is 2. The molecule has 2 aromatic rings. The molecule has 16 heavy (non-hydrogen) atoms. The summed E-state index contributed by atoms with van der Waals surface area (Å²) >= 11 is 0. The van der Waals surface area contributed by atoms with E-state index in [-0.39, 0.29) is 11.6 Å². The molecule has 0 saturated carbocycles. The van der Waals surface area contributed by atoms with E-state index in [1.807, 2.05) is 24.3 Å². The zero-order chi connectivity index (χ0) is 14.0. The molecule has 2 N–H and O–H groups in total. The predicted octanol–water partition coefficient (Wildman–Crippen LogP) is 2.82. The van der Waals surface area contributed by atoms with Crippen LogP contribution in [-0.4, -0.2) is 7.11 Å². The highest BCUT2D eigenvalue weighted by Gasteiger charge is 1.98. The minimum atomic E-state index is -1.99. The van der Waals surface area contributed by atoms with Crippen molar-refractivity contribution >= 4 is 0 Å². The molecule has 0 bridgehead atoms. The molecule has 0 saturated heterocycles. The number of rotatable bonds is 3. The van der Waals surface area contributed by atoms with Crippen LogP contribution < -0.4 is 10.5 Å². The Morgan fingerprint density at radius 3 is 2.31 bits per heavy atom. The molecule has 0 aliphatic rings. The predicted molar refractivity (Wildman–Crippen MR) is 66.3 cm³/mol. The molecular formula is C14H15NO. The minimum Gasteiger partial charge on any atom is -0.497 e. The first-order valence-electron chi connectivity index (χ1n) is 6.46. The molecule has 82 valence electrons. The second-order valence-electron chi connectivity index (χ2n) is 3.36. The largest absolute Gasteiger partial charge is 0.497 e. The van der Waals surface area contributed by atoms with Crippen LogP contribution in [0.5, 0.6) is 5.75 Å². The average Bonchev–Trinajstić information content (AvgIpc) is 2.37. The Hall–Kier alpha value is -1.80. The number of hydrogen-bond acceptors (Lipinski definition) is 2. The smallest absolute Gasteiger partial charge is 0.118 e. The molecule has 2 heteroatoms. The van der Waals surface area contributed by atoms with E-state index in [1.165, 1.54) is 0 Å².